The van der Waals surface area contributed by atoms with Crippen molar-refractivity contribution >= 4 is 53.3 Å². The zero-order valence-electron chi connectivity index (χ0n) is 9.88. The highest BCUT2D eigenvalue weighted by molar-refractivity contribution is 8.34. The van der Waals surface area contributed by atoms with Crippen LogP contribution in [0.2, 0.25) is 0 Å². The van der Waals surface area contributed by atoms with Gasteiger partial charge in [-0.15, -0.1) is 12.6 Å². The molecule has 0 radical (unpaired) electrons. The Bertz CT molecular complexity index is 386. The second-order valence-corrected chi connectivity index (χ2v) is 5.11. The van der Waals surface area contributed by atoms with Gasteiger partial charge in [0, 0.05) is 0 Å². The molecule has 0 heterocycles. The summed E-state index contributed by atoms with van der Waals surface area (Å²) in [5.41, 5.74) is 0. The van der Waals surface area contributed by atoms with Crippen LogP contribution >= 0.6 is 37.0 Å². The van der Waals surface area contributed by atoms with Gasteiger partial charge in [0.1, 0.15) is 23.9 Å². The van der Waals surface area contributed by atoms with Crippen LogP contribution in [0.3, 0.4) is 0 Å². The molecule has 0 atom stereocenters. The third-order valence-corrected chi connectivity index (χ3v) is 3.89. The Morgan fingerprint density at radius 2 is 1.53 bits per heavy atom. The number of carbonyl (C=O) groups is 2. The molecule has 0 aliphatic rings. The van der Waals surface area contributed by atoms with E-state index in [1.54, 1.807) is 18.7 Å². The normalized spacial score (nSPS) is 11.4. The lowest BCUT2D eigenvalue weighted by Crippen LogP contribution is -2.13. The molecule has 0 N–H and O–H groups in total. The number of nitrogens with zero attached hydrogens (tertiary/aromatic N) is 1. The largest absolute Gasteiger partial charge is 0.465 e. The first-order valence-corrected chi connectivity index (χ1v) is 6.07. The highest BCUT2D eigenvalue weighted by atomic mass is 32.2. The van der Waals surface area contributed by atoms with Crippen LogP contribution in [0.5, 0.6) is 0 Å². The van der Waals surface area contributed by atoms with Crippen molar-refractivity contribution < 1.29 is 23.6 Å². The Morgan fingerprint density at radius 1 is 1.06 bits per heavy atom. The van der Waals surface area contributed by atoms with Gasteiger partial charge in [0.2, 0.25) is 0 Å². The number of hydrogen-bond donors (Lipinski definition) is 2. The standard InChI is InChI=1S/C9H13NO4S3/c1-10(2)9(16)17-6(8(12)14-4)5(15)7(11)13-3/h1-4H3,(H,12,15)/p+1. The van der Waals surface area contributed by atoms with E-state index in [2.05, 4.69) is 34.7 Å². The summed E-state index contributed by atoms with van der Waals surface area (Å²) in [7, 11) is 5.92. The highest BCUT2D eigenvalue weighted by Crippen LogP contribution is 2.26. The molecule has 0 aromatic rings. The summed E-state index contributed by atoms with van der Waals surface area (Å²) in [4.78, 5) is 22.7. The van der Waals surface area contributed by atoms with Crippen LogP contribution in [0.1, 0.15) is 0 Å². The van der Waals surface area contributed by atoms with E-state index < -0.39 is 11.9 Å². The average Bonchev–Trinajstić information content (AvgIpc) is 2.32. The molecule has 0 saturated heterocycles. The molecule has 0 unspecified atom stereocenters. The maximum Gasteiger partial charge on any atom is 0.346 e. The molecule has 0 bridgehead atoms. The number of carbonyl (C=O) groups excluding carboxylic acids is 2. The minimum Gasteiger partial charge on any atom is -0.465 e. The topological polar surface area (TPSA) is 55.6 Å². The lowest BCUT2D eigenvalue weighted by atomic mass is 10.5. The molecule has 0 aromatic heterocycles. The Hall–Kier alpha value is -0.600. The summed E-state index contributed by atoms with van der Waals surface area (Å²) in [5, 5.41) is 0. The van der Waals surface area contributed by atoms with Crippen molar-refractivity contribution in [3.8, 4) is 0 Å². The maximum atomic E-state index is 11.5. The number of hydrogen-bond acceptors (Lipinski definition) is 6. The van der Waals surface area contributed by atoms with Gasteiger partial charge in [0.15, 0.2) is 0 Å². The van der Waals surface area contributed by atoms with Gasteiger partial charge in [-0.2, -0.15) is 0 Å². The molecule has 0 fully saturated rings. The molecule has 0 aliphatic heterocycles. The molecule has 0 spiro atoms. The van der Waals surface area contributed by atoms with Crippen molar-refractivity contribution in [3.63, 3.8) is 0 Å². The van der Waals surface area contributed by atoms with E-state index in [0.717, 1.165) is 11.8 Å². The maximum absolute atomic E-state index is 11.5. The van der Waals surface area contributed by atoms with Crippen molar-refractivity contribution in [3.05, 3.63) is 9.81 Å². The SMILES string of the molecule is COC(=O)/C(S)=C(/SC(S)=[N+](C)C)C(=O)OC. The van der Waals surface area contributed by atoms with Crippen LogP contribution in [0.25, 0.3) is 0 Å². The summed E-state index contributed by atoms with van der Waals surface area (Å²) in [5.74, 6) is -1.38. The van der Waals surface area contributed by atoms with Crippen molar-refractivity contribution in [2.24, 2.45) is 0 Å². The lowest BCUT2D eigenvalue weighted by molar-refractivity contribution is -0.458. The monoisotopic (exact) mass is 296 g/mol. The smallest absolute Gasteiger partial charge is 0.346 e. The molecule has 0 rings (SSSR count). The Kier molecular flexibility index (Phi) is 7.40. The number of thioether (sulfide) groups is 1. The summed E-state index contributed by atoms with van der Waals surface area (Å²) in [6.45, 7) is 0. The van der Waals surface area contributed by atoms with E-state index in [0.29, 0.717) is 4.38 Å². The van der Waals surface area contributed by atoms with Gasteiger partial charge in [-0.3, -0.25) is 0 Å². The zero-order chi connectivity index (χ0) is 13.6. The summed E-state index contributed by atoms with van der Waals surface area (Å²) in [6.07, 6.45) is 0. The predicted octanol–water partition coefficient (Wildman–Crippen LogP) is 0.765. The van der Waals surface area contributed by atoms with Crippen molar-refractivity contribution in [1.82, 2.24) is 0 Å². The van der Waals surface area contributed by atoms with Gasteiger partial charge in [0.05, 0.1) is 14.2 Å². The van der Waals surface area contributed by atoms with Crippen LogP contribution < -0.4 is 0 Å². The number of rotatable bonds is 3. The van der Waals surface area contributed by atoms with Crippen molar-refractivity contribution in [2.75, 3.05) is 28.3 Å². The van der Waals surface area contributed by atoms with Crippen LogP contribution in [-0.2, 0) is 19.1 Å². The molecule has 8 heteroatoms. The summed E-state index contributed by atoms with van der Waals surface area (Å²) in [6, 6.07) is 0. The second kappa shape index (κ2) is 7.67. The molecule has 0 amide bonds. The van der Waals surface area contributed by atoms with Crippen LogP contribution in [-0.4, -0.2) is 49.2 Å². The lowest BCUT2D eigenvalue weighted by Gasteiger charge is -2.06. The van der Waals surface area contributed by atoms with Crippen molar-refractivity contribution in [2.45, 2.75) is 0 Å². The molecule has 0 saturated carbocycles. The third-order valence-electron chi connectivity index (χ3n) is 1.54. The van der Waals surface area contributed by atoms with Gasteiger partial charge in [-0.1, -0.05) is 12.6 Å². The fourth-order valence-corrected chi connectivity index (χ4v) is 1.96. The number of thiol groups is 2. The van der Waals surface area contributed by atoms with Gasteiger partial charge in [-0.05, 0) is 11.8 Å². The molecule has 17 heavy (non-hydrogen) atoms. The molecular formula is C9H14NO4S3+. The van der Waals surface area contributed by atoms with Crippen LogP contribution in [0.15, 0.2) is 9.81 Å². The third kappa shape index (κ3) is 5.05. The van der Waals surface area contributed by atoms with E-state index in [9.17, 15) is 9.59 Å². The zero-order valence-corrected chi connectivity index (χ0v) is 12.5. The number of ether oxygens (including phenoxy) is 2. The van der Waals surface area contributed by atoms with E-state index >= 15 is 0 Å². The first-order valence-electron chi connectivity index (χ1n) is 4.36. The molecule has 96 valence electrons. The fraction of sp³-hybridized carbons (Fsp3) is 0.444. The second-order valence-electron chi connectivity index (χ2n) is 2.94. The van der Waals surface area contributed by atoms with Crippen LogP contribution in [0.4, 0.5) is 0 Å². The van der Waals surface area contributed by atoms with E-state index in [1.165, 1.54) is 14.2 Å². The molecule has 5 nitrogen and oxygen atoms in total. The van der Waals surface area contributed by atoms with E-state index in [4.69, 9.17) is 0 Å². The fourth-order valence-electron chi connectivity index (χ4n) is 0.651. The van der Waals surface area contributed by atoms with Gasteiger partial charge < -0.3 is 9.47 Å². The van der Waals surface area contributed by atoms with Gasteiger partial charge >= 0.3 is 11.9 Å². The summed E-state index contributed by atoms with van der Waals surface area (Å²) < 4.78 is 11.2. The Labute approximate surface area is 115 Å². The predicted molar refractivity (Wildman–Crippen MR) is 73.7 cm³/mol. The minimum atomic E-state index is -0.707. The van der Waals surface area contributed by atoms with Crippen molar-refractivity contribution in [1.29, 1.82) is 0 Å². The van der Waals surface area contributed by atoms with Gasteiger partial charge in [0.25, 0.3) is 4.38 Å². The highest BCUT2D eigenvalue weighted by Gasteiger charge is 2.24. The molecule has 0 aromatic carbocycles. The van der Waals surface area contributed by atoms with Crippen LogP contribution in [0, 0.1) is 0 Å². The first-order chi connectivity index (χ1) is 7.84. The van der Waals surface area contributed by atoms with Gasteiger partial charge in [-0.25, -0.2) is 14.2 Å². The Morgan fingerprint density at radius 3 is 1.88 bits per heavy atom. The number of methoxy groups -OCH3 is 2. The minimum absolute atomic E-state index is 0.0291. The Balaban J connectivity index is 5.37. The van der Waals surface area contributed by atoms with E-state index in [-0.39, 0.29) is 9.81 Å². The molecular weight excluding hydrogens is 282 g/mol. The molecule has 0 aliphatic carbocycles. The average molecular weight is 296 g/mol. The van der Waals surface area contributed by atoms with E-state index in [1.807, 2.05) is 0 Å². The number of esters is 2. The first kappa shape index (κ1) is 16.4. The summed E-state index contributed by atoms with van der Waals surface area (Å²) >= 11 is 9.09. The quantitative estimate of drug-likeness (QED) is 0.201.